The highest BCUT2D eigenvalue weighted by Gasteiger charge is 1.94. The monoisotopic (exact) mass is 195 g/mol. The molecule has 0 atom stereocenters. The Balaban J connectivity index is 3.42. The summed E-state index contributed by atoms with van der Waals surface area (Å²) in [6.07, 6.45) is 7.06. The molecule has 0 amide bonds. The molecule has 0 saturated heterocycles. The molecule has 0 bridgehead atoms. The number of nitrogens with one attached hydrogen (secondary N) is 1. The van der Waals surface area contributed by atoms with E-state index in [1.807, 2.05) is 6.08 Å². The Hall–Kier alpha value is -1.09. The van der Waals surface area contributed by atoms with Crippen LogP contribution in [-0.4, -0.2) is 37.4 Å². The summed E-state index contributed by atoms with van der Waals surface area (Å²) in [6, 6.07) is 0. The number of hydrogen-bond acceptors (Lipinski definition) is 2. The third-order valence-electron chi connectivity index (χ3n) is 1.93. The Bertz CT molecular complexity index is 181. The minimum Gasteiger partial charge on any atom is -0.353 e. The Morgan fingerprint density at radius 1 is 1.36 bits per heavy atom. The van der Waals surface area contributed by atoms with Crippen molar-refractivity contribution in [2.45, 2.75) is 13.8 Å². The first kappa shape index (κ1) is 12.9. The predicted octanol–water partition coefficient (Wildman–Crippen LogP) is 1.65. The first-order valence-electron chi connectivity index (χ1n) is 5.09. The maximum Gasteiger partial charge on any atom is 0.0863 e. The van der Waals surface area contributed by atoms with E-state index in [1.165, 1.54) is 0 Å². The molecule has 3 nitrogen and oxygen atoms in total. The van der Waals surface area contributed by atoms with Crippen molar-refractivity contribution < 1.29 is 0 Å². The van der Waals surface area contributed by atoms with Crippen molar-refractivity contribution in [2.75, 3.05) is 26.2 Å². The summed E-state index contributed by atoms with van der Waals surface area (Å²) in [6.45, 7) is 11.9. The number of likely N-dealkylation sites (N-methyl/N-ethyl adjacent to an activating group) is 1. The van der Waals surface area contributed by atoms with Crippen LogP contribution < -0.4 is 5.32 Å². The van der Waals surface area contributed by atoms with Gasteiger partial charge in [0.15, 0.2) is 0 Å². The fourth-order valence-corrected chi connectivity index (χ4v) is 1.02. The lowest BCUT2D eigenvalue weighted by atomic mass is 10.5. The first-order chi connectivity index (χ1) is 6.85. The molecule has 0 aromatic rings. The zero-order valence-electron chi connectivity index (χ0n) is 9.24. The van der Waals surface area contributed by atoms with Crippen LogP contribution in [0.1, 0.15) is 13.8 Å². The SMILES string of the molecule is C=C/C=C\NC=NCCN(CC)CC. The maximum atomic E-state index is 4.22. The average molecular weight is 195 g/mol. The molecule has 80 valence electrons. The number of hydrogen-bond donors (Lipinski definition) is 1. The highest BCUT2D eigenvalue weighted by molar-refractivity contribution is 5.55. The average Bonchev–Trinajstić information content (AvgIpc) is 2.22. The van der Waals surface area contributed by atoms with Crippen LogP contribution in [0, 0.1) is 0 Å². The largest absolute Gasteiger partial charge is 0.353 e. The predicted molar refractivity (Wildman–Crippen MR) is 63.6 cm³/mol. The zero-order chi connectivity index (χ0) is 10.6. The molecule has 0 heterocycles. The molecular formula is C11H21N3. The fourth-order valence-electron chi connectivity index (χ4n) is 1.02. The third-order valence-corrected chi connectivity index (χ3v) is 1.93. The molecule has 0 aliphatic heterocycles. The van der Waals surface area contributed by atoms with Gasteiger partial charge in [0.05, 0.1) is 12.9 Å². The van der Waals surface area contributed by atoms with Gasteiger partial charge in [0.2, 0.25) is 0 Å². The quantitative estimate of drug-likeness (QED) is 0.362. The van der Waals surface area contributed by atoms with Crippen LogP contribution in [0.2, 0.25) is 0 Å². The summed E-state index contributed by atoms with van der Waals surface area (Å²) in [5, 5.41) is 2.93. The van der Waals surface area contributed by atoms with Crippen LogP contribution >= 0.6 is 0 Å². The molecule has 0 aromatic heterocycles. The first-order valence-corrected chi connectivity index (χ1v) is 5.09. The topological polar surface area (TPSA) is 27.6 Å². The van der Waals surface area contributed by atoms with Gasteiger partial charge in [-0.15, -0.1) is 0 Å². The summed E-state index contributed by atoms with van der Waals surface area (Å²) in [7, 11) is 0. The number of allylic oxidation sites excluding steroid dienone is 2. The van der Waals surface area contributed by atoms with E-state index in [-0.39, 0.29) is 0 Å². The highest BCUT2D eigenvalue weighted by atomic mass is 15.1. The van der Waals surface area contributed by atoms with Gasteiger partial charge in [0.25, 0.3) is 0 Å². The van der Waals surface area contributed by atoms with Crippen molar-refractivity contribution in [2.24, 2.45) is 4.99 Å². The van der Waals surface area contributed by atoms with Crippen LogP contribution in [0.3, 0.4) is 0 Å². The Morgan fingerprint density at radius 3 is 2.64 bits per heavy atom. The van der Waals surface area contributed by atoms with Crippen LogP contribution in [0.15, 0.2) is 29.9 Å². The molecular weight excluding hydrogens is 174 g/mol. The Morgan fingerprint density at radius 2 is 2.07 bits per heavy atom. The second kappa shape index (κ2) is 9.99. The molecule has 0 aliphatic rings. The molecule has 14 heavy (non-hydrogen) atoms. The summed E-state index contributed by atoms with van der Waals surface area (Å²) >= 11 is 0. The number of nitrogens with zero attached hydrogens (tertiary/aromatic N) is 2. The molecule has 0 rings (SSSR count). The van der Waals surface area contributed by atoms with Gasteiger partial charge in [-0.05, 0) is 19.2 Å². The summed E-state index contributed by atoms with van der Waals surface area (Å²) in [5.41, 5.74) is 0. The fraction of sp³-hybridized carbons (Fsp3) is 0.545. The summed E-state index contributed by atoms with van der Waals surface area (Å²) in [4.78, 5) is 6.56. The van der Waals surface area contributed by atoms with Gasteiger partial charge in [0.1, 0.15) is 0 Å². The van der Waals surface area contributed by atoms with Gasteiger partial charge in [-0.2, -0.15) is 0 Å². The lowest BCUT2D eigenvalue weighted by Gasteiger charge is -2.15. The molecule has 0 aliphatic carbocycles. The molecule has 1 N–H and O–H groups in total. The van der Waals surface area contributed by atoms with Gasteiger partial charge in [-0.25, -0.2) is 0 Å². The smallest absolute Gasteiger partial charge is 0.0863 e. The van der Waals surface area contributed by atoms with E-state index in [2.05, 4.69) is 35.6 Å². The molecule has 3 heteroatoms. The van der Waals surface area contributed by atoms with Crippen molar-refractivity contribution in [3.05, 3.63) is 24.9 Å². The van der Waals surface area contributed by atoms with E-state index in [0.717, 1.165) is 26.2 Å². The van der Waals surface area contributed by atoms with Crippen molar-refractivity contribution in [1.29, 1.82) is 0 Å². The number of aliphatic imine (C=N–C) groups is 1. The molecule has 0 unspecified atom stereocenters. The second-order valence-electron chi connectivity index (χ2n) is 2.82. The summed E-state index contributed by atoms with van der Waals surface area (Å²) in [5.74, 6) is 0. The Kier molecular flexibility index (Phi) is 9.22. The van der Waals surface area contributed by atoms with E-state index >= 15 is 0 Å². The number of rotatable bonds is 8. The second-order valence-corrected chi connectivity index (χ2v) is 2.82. The van der Waals surface area contributed by atoms with E-state index in [4.69, 9.17) is 0 Å². The van der Waals surface area contributed by atoms with Crippen LogP contribution in [0.4, 0.5) is 0 Å². The van der Waals surface area contributed by atoms with Crippen molar-refractivity contribution in [3.8, 4) is 0 Å². The van der Waals surface area contributed by atoms with Crippen molar-refractivity contribution in [3.63, 3.8) is 0 Å². The van der Waals surface area contributed by atoms with E-state index in [0.29, 0.717) is 0 Å². The van der Waals surface area contributed by atoms with E-state index in [1.54, 1.807) is 18.6 Å². The van der Waals surface area contributed by atoms with Crippen molar-refractivity contribution in [1.82, 2.24) is 10.2 Å². The van der Waals surface area contributed by atoms with Gasteiger partial charge < -0.3 is 10.2 Å². The standard InChI is InChI=1S/C11H21N3/c1-4-7-8-12-11-13-9-10-14(5-2)6-3/h4,7-8,11H,1,5-6,9-10H2,2-3H3,(H,12,13)/b8-7-. The van der Waals surface area contributed by atoms with Crippen LogP contribution in [0.25, 0.3) is 0 Å². The Labute approximate surface area is 87.2 Å². The molecule has 0 radical (unpaired) electrons. The minimum atomic E-state index is 0.844. The van der Waals surface area contributed by atoms with Crippen LogP contribution in [0.5, 0.6) is 0 Å². The lowest BCUT2D eigenvalue weighted by Crippen LogP contribution is -2.25. The minimum absolute atomic E-state index is 0.844. The van der Waals surface area contributed by atoms with Gasteiger partial charge in [-0.3, -0.25) is 4.99 Å². The summed E-state index contributed by atoms with van der Waals surface area (Å²) < 4.78 is 0. The zero-order valence-corrected chi connectivity index (χ0v) is 9.24. The third kappa shape index (κ3) is 7.55. The van der Waals surface area contributed by atoms with Gasteiger partial charge in [-0.1, -0.05) is 26.5 Å². The molecule has 0 fully saturated rings. The van der Waals surface area contributed by atoms with Gasteiger partial charge in [0, 0.05) is 12.7 Å². The van der Waals surface area contributed by atoms with Crippen LogP contribution in [-0.2, 0) is 0 Å². The molecule has 0 spiro atoms. The molecule has 0 saturated carbocycles. The highest BCUT2D eigenvalue weighted by Crippen LogP contribution is 1.85. The molecule has 0 aromatic carbocycles. The van der Waals surface area contributed by atoms with E-state index in [9.17, 15) is 0 Å². The van der Waals surface area contributed by atoms with Gasteiger partial charge >= 0.3 is 0 Å². The van der Waals surface area contributed by atoms with Crippen molar-refractivity contribution >= 4 is 6.34 Å². The normalized spacial score (nSPS) is 11.6. The lowest BCUT2D eigenvalue weighted by molar-refractivity contribution is 0.313. The van der Waals surface area contributed by atoms with E-state index < -0.39 is 0 Å². The maximum absolute atomic E-state index is 4.22.